The summed E-state index contributed by atoms with van der Waals surface area (Å²) in [5, 5.41) is 2.65. The number of nitrogens with zero attached hydrogens (tertiary/aromatic N) is 1. The Hall–Kier alpha value is -2.61. The van der Waals surface area contributed by atoms with Crippen LogP contribution < -0.4 is 26.8 Å². The van der Waals surface area contributed by atoms with E-state index >= 15 is 0 Å². The van der Waals surface area contributed by atoms with Gasteiger partial charge >= 0.3 is 6.03 Å². The molecule has 1 aliphatic carbocycles. The summed E-state index contributed by atoms with van der Waals surface area (Å²) in [7, 11) is 0. The lowest BCUT2D eigenvalue weighted by atomic mass is 9.79. The van der Waals surface area contributed by atoms with Crippen molar-refractivity contribution in [3.05, 3.63) is 29.8 Å². The van der Waals surface area contributed by atoms with Crippen molar-refractivity contribution >= 4 is 23.5 Å². The predicted molar refractivity (Wildman–Crippen MR) is 109 cm³/mol. The highest BCUT2D eigenvalue weighted by Crippen LogP contribution is 2.37. The molecule has 1 saturated carbocycles. The summed E-state index contributed by atoms with van der Waals surface area (Å²) in [4.78, 5) is 38.8. The Balaban J connectivity index is 2.20. The van der Waals surface area contributed by atoms with Gasteiger partial charge in [-0.25, -0.2) is 10.2 Å². The molecule has 0 aromatic heterocycles. The van der Waals surface area contributed by atoms with Gasteiger partial charge in [-0.2, -0.15) is 0 Å². The van der Waals surface area contributed by atoms with Crippen LogP contribution in [0.2, 0.25) is 0 Å². The molecule has 8 nitrogen and oxygen atoms in total. The number of primary amides is 1. The monoisotopic (exact) mass is 389 g/mol. The Labute approximate surface area is 166 Å². The molecule has 5 N–H and O–H groups in total. The second-order valence-corrected chi connectivity index (χ2v) is 7.26. The molecule has 0 unspecified atom stereocenters. The summed E-state index contributed by atoms with van der Waals surface area (Å²) in [5.74, 6) is -0.810. The largest absolute Gasteiger partial charge is 0.368 e. The van der Waals surface area contributed by atoms with Crippen molar-refractivity contribution in [2.45, 2.75) is 57.9 Å². The van der Waals surface area contributed by atoms with Crippen LogP contribution >= 0.6 is 0 Å². The molecule has 0 bridgehead atoms. The van der Waals surface area contributed by atoms with Crippen molar-refractivity contribution in [1.29, 1.82) is 0 Å². The van der Waals surface area contributed by atoms with Crippen molar-refractivity contribution in [2.75, 3.05) is 18.0 Å². The molecule has 0 spiro atoms. The minimum Gasteiger partial charge on any atom is -0.368 e. The number of anilines is 1. The number of rotatable bonds is 8. The lowest BCUT2D eigenvalue weighted by molar-refractivity contribution is -0.129. The van der Waals surface area contributed by atoms with E-state index in [-0.39, 0.29) is 12.5 Å². The number of hydrogen-bond acceptors (Lipinski definition) is 4. The van der Waals surface area contributed by atoms with Gasteiger partial charge in [0.05, 0.1) is 6.54 Å². The van der Waals surface area contributed by atoms with Crippen LogP contribution in [0.3, 0.4) is 0 Å². The molecule has 1 fully saturated rings. The number of hydrazine groups is 1. The third kappa shape index (κ3) is 5.22. The highest BCUT2D eigenvalue weighted by molar-refractivity contribution is 6.04. The maximum atomic E-state index is 13.1. The Kier molecular flexibility index (Phi) is 7.80. The molecule has 1 aliphatic rings. The number of carbonyl (C=O) groups excluding carboxylic acids is 3. The summed E-state index contributed by atoms with van der Waals surface area (Å²) in [6, 6.07) is 7.05. The van der Waals surface area contributed by atoms with E-state index in [1.165, 1.54) is 4.90 Å². The molecule has 0 radical (unpaired) electrons. The zero-order valence-corrected chi connectivity index (χ0v) is 16.7. The molecule has 0 heterocycles. The summed E-state index contributed by atoms with van der Waals surface area (Å²) >= 11 is 0. The minimum absolute atomic E-state index is 0.150. The fourth-order valence-corrected chi connectivity index (χ4v) is 3.60. The lowest BCUT2D eigenvalue weighted by Crippen LogP contribution is -2.63. The normalized spacial score (nSPS) is 15.5. The Bertz CT molecular complexity index is 684. The molecular weight excluding hydrogens is 358 g/mol. The third-order valence-corrected chi connectivity index (χ3v) is 5.09. The Morgan fingerprint density at radius 1 is 1.11 bits per heavy atom. The zero-order valence-electron chi connectivity index (χ0n) is 16.7. The second kappa shape index (κ2) is 10.1. The SMILES string of the molecule is CCCNC(=O)NNCC(=O)N(c1ccc(C)cc1)C1(C(N)=O)CCCCC1. The molecule has 4 amide bonds. The number of nitrogens with one attached hydrogen (secondary N) is 3. The van der Waals surface area contributed by atoms with Crippen LogP contribution in [-0.2, 0) is 9.59 Å². The number of amides is 4. The van der Waals surface area contributed by atoms with Gasteiger partial charge < -0.3 is 11.1 Å². The van der Waals surface area contributed by atoms with Crippen LogP contribution in [0.4, 0.5) is 10.5 Å². The number of carbonyl (C=O) groups is 3. The van der Waals surface area contributed by atoms with E-state index in [1.54, 1.807) is 0 Å². The summed E-state index contributed by atoms with van der Waals surface area (Å²) in [6.45, 7) is 4.30. The summed E-state index contributed by atoms with van der Waals surface area (Å²) < 4.78 is 0. The van der Waals surface area contributed by atoms with E-state index in [2.05, 4.69) is 16.2 Å². The maximum Gasteiger partial charge on any atom is 0.329 e. The standard InChI is InChI=1S/C20H31N5O3/c1-3-13-22-19(28)24-23-14-17(26)25(16-9-7-15(2)8-10-16)20(18(21)27)11-5-4-6-12-20/h7-10,23H,3-6,11-14H2,1-2H3,(H2,21,27)(H2,22,24,28). The minimum atomic E-state index is -1.04. The van der Waals surface area contributed by atoms with Crippen LogP contribution in [0, 0.1) is 6.92 Å². The first-order chi connectivity index (χ1) is 13.4. The van der Waals surface area contributed by atoms with E-state index in [4.69, 9.17) is 5.73 Å². The van der Waals surface area contributed by atoms with E-state index in [1.807, 2.05) is 38.1 Å². The quantitative estimate of drug-likeness (QED) is 0.507. The molecule has 0 saturated heterocycles. The number of hydrogen-bond donors (Lipinski definition) is 4. The summed E-state index contributed by atoms with van der Waals surface area (Å²) in [6.07, 6.45) is 4.57. The van der Waals surface area contributed by atoms with Crippen LogP contribution in [0.15, 0.2) is 24.3 Å². The molecule has 28 heavy (non-hydrogen) atoms. The van der Waals surface area contributed by atoms with Gasteiger partial charge in [0.15, 0.2) is 0 Å². The Morgan fingerprint density at radius 3 is 2.32 bits per heavy atom. The number of benzene rings is 1. The van der Waals surface area contributed by atoms with Crippen molar-refractivity contribution < 1.29 is 14.4 Å². The predicted octanol–water partition coefficient (Wildman–Crippen LogP) is 1.73. The van der Waals surface area contributed by atoms with Gasteiger partial charge in [-0.1, -0.05) is 43.9 Å². The van der Waals surface area contributed by atoms with E-state index < -0.39 is 17.5 Å². The number of aryl methyl sites for hydroxylation is 1. The van der Waals surface area contributed by atoms with Gasteiger partial charge in [-0.3, -0.25) is 19.9 Å². The van der Waals surface area contributed by atoms with Crippen molar-refractivity contribution in [1.82, 2.24) is 16.2 Å². The molecule has 154 valence electrons. The van der Waals surface area contributed by atoms with Crippen LogP contribution in [-0.4, -0.2) is 36.5 Å². The fourth-order valence-electron chi connectivity index (χ4n) is 3.60. The first-order valence-electron chi connectivity index (χ1n) is 9.87. The first kappa shape index (κ1) is 21.7. The van der Waals surface area contributed by atoms with Crippen molar-refractivity contribution in [2.24, 2.45) is 5.73 Å². The topological polar surface area (TPSA) is 117 Å². The van der Waals surface area contributed by atoms with Gasteiger partial charge in [0.1, 0.15) is 5.54 Å². The molecule has 2 rings (SSSR count). The second-order valence-electron chi connectivity index (χ2n) is 7.26. The van der Waals surface area contributed by atoms with Crippen molar-refractivity contribution in [3.8, 4) is 0 Å². The average molecular weight is 390 g/mol. The van der Waals surface area contributed by atoms with E-state index in [0.717, 1.165) is 31.2 Å². The molecule has 1 aromatic rings. The van der Waals surface area contributed by atoms with Gasteiger partial charge in [0.25, 0.3) is 0 Å². The smallest absolute Gasteiger partial charge is 0.329 e. The van der Waals surface area contributed by atoms with Crippen LogP contribution in [0.1, 0.15) is 51.0 Å². The fraction of sp³-hybridized carbons (Fsp3) is 0.550. The molecule has 0 atom stereocenters. The highest BCUT2D eigenvalue weighted by atomic mass is 16.2. The van der Waals surface area contributed by atoms with Gasteiger partial charge in [-0.15, -0.1) is 0 Å². The van der Waals surface area contributed by atoms with E-state index in [9.17, 15) is 14.4 Å². The number of nitrogens with two attached hydrogens (primary N) is 1. The first-order valence-corrected chi connectivity index (χ1v) is 9.87. The highest BCUT2D eigenvalue weighted by Gasteiger charge is 2.46. The average Bonchev–Trinajstić information content (AvgIpc) is 2.68. The van der Waals surface area contributed by atoms with Gasteiger partial charge in [0, 0.05) is 12.2 Å². The lowest BCUT2D eigenvalue weighted by Gasteiger charge is -2.44. The molecule has 0 aliphatic heterocycles. The Morgan fingerprint density at radius 2 is 1.75 bits per heavy atom. The van der Waals surface area contributed by atoms with Crippen LogP contribution in [0.25, 0.3) is 0 Å². The van der Waals surface area contributed by atoms with E-state index in [0.29, 0.717) is 25.1 Å². The summed E-state index contributed by atoms with van der Waals surface area (Å²) in [5.41, 5.74) is 11.5. The molecule has 1 aromatic carbocycles. The molecular formula is C20H31N5O3. The molecule has 8 heteroatoms. The zero-order chi connectivity index (χ0) is 20.6. The number of urea groups is 1. The third-order valence-electron chi connectivity index (χ3n) is 5.09. The van der Waals surface area contributed by atoms with Crippen molar-refractivity contribution in [3.63, 3.8) is 0 Å². The van der Waals surface area contributed by atoms with Gasteiger partial charge in [-0.05, 0) is 38.3 Å². The van der Waals surface area contributed by atoms with Gasteiger partial charge in [0.2, 0.25) is 11.8 Å². The van der Waals surface area contributed by atoms with Crippen LogP contribution in [0.5, 0.6) is 0 Å². The maximum absolute atomic E-state index is 13.1.